The Hall–Kier alpha value is -2.38. The van der Waals surface area contributed by atoms with Gasteiger partial charge in [-0.15, -0.1) is 5.10 Å². The first-order chi connectivity index (χ1) is 8.31. The van der Waals surface area contributed by atoms with Crippen molar-refractivity contribution in [3.8, 4) is 5.88 Å². The van der Waals surface area contributed by atoms with Crippen LogP contribution in [0.2, 0.25) is 0 Å². The van der Waals surface area contributed by atoms with Crippen molar-refractivity contribution in [1.82, 2.24) is 25.0 Å². The van der Waals surface area contributed by atoms with Crippen molar-refractivity contribution in [3.05, 3.63) is 18.7 Å². The van der Waals surface area contributed by atoms with E-state index in [0.29, 0.717) is 30.5 Å². The van der Waals surface area contributed by atoms with Crippen molar-refractivity contribution in [2.75, 3.05) is 24.7 Å². The second kappa shape index (κ2) is 5.10. The summed E-state index contributed by atoms with van der Waals surface area (Å²) in [6.07, 6.45) is 4.81. The number of aromatic nitrogens is 5. The molecule has 0 amide bonds. The number of nitrogens with zero attached hydrogens (tertiary/aromatic N) is 5. The Bertz CT molecular complexity index is 470. The summed E-state index contributed by atoms with van der Waals surface area (Å²) in [5.74, 6) is 0.917. The second-order valence-corrected chi connectivity index (χ2v) is 3.24. The molecule has 0 radical (unpaired) electrons. The van der Waals surface area contributed by atoms with Gasteiger partial charge in [-0.2, -0.15) is 4.98 Å². The first-order valence-electron chi connectivity index (χ1n) is 5.03. The third-order valence-corrected chi connectivity index (χ3v) is 2.15. The number of nitrogen functional groups attached to an aromatic ring is 1. The van der Waals surface area contributed by atoms with Gasteiger partial charge < -0.3 is 15.8 Å². The zero-order valence-electron chi connectivity index (χ0n) is 9.37. The van der Waals surface area contributed by atoms with Crippen LogP contribution in [0.4, 0.5) is 11.5 Å². The summed E-state index contributed by atoms with van der Waals surface area (Å²) in [5.41, 5.74) is 6.20. The molecule has 0 atom stereocenters. The molecule has 0 spiro atoms. The van der Waals surface area contributed by atoms with Crippen molar-refractivity contribution in [3.63, 3.8) is 0 Å². The lowest BCUT2D eigenvalue weighted by Gasteiger charge is -2.09. The molecule has 2 aromatic rings. The highest BCUT2D eigenvalue weighted by Gasteiger charge is 2.07. The fraction of sp³-hybridized carbons (Fsp3) is 0.333. The molecule has 0 saturated carbocycles. The fourth-order valence-corrected chi connectivity index (χ4v) is 1.32. The molecule has 8 nitrogen and oxygen atoms in total. The number of ether oxygens (including phenoxy) is 1. The van der Waals surface area contributed by atoms with E-state index in [0.717, 1.165) is 0 Å². The van der Waals surface area contributed by atoms with E-state index in [4.69, 9.17) is 10.5 Å². The normalized spacial score (nSPS) is 10.2. The highest BCUT2D eigenvalue weighted by atomic mass is 16.5. The highest BCUT2D eigenvalue weighted by molar-refractivity contribution is 5.66. The predicted molar refractivity (Wildman–Crippen MR) is 61.5 cm³/mol. The van der Waals surface area contributed by atoms with E-state index in [-0.39, 0.29) is 0 Å². The van der Waals surface area contributed by atoms with Gasteiger partial charge >= 0.3 is 0 Å². The summed E-state index contributed by atoms with van der Waals surface area (Å²) >= 11 is 0. The summed E-state index contributed by atoms with van der Waals surface area (Å²) in [5, 5.41) is 10.6. The van der Waals surface area contributed by atoms with Crippen LogP contribution in [0.1, 0.15) is 0 Å². The quantitative estimate of drug-likeness (QED) is 0.737. The largest absolute Gasteiger partial charge is 0.479 e. The molecular formula is C9H13N7O. The average molecular weight is 235 g/mol. The molecular weight excluding hydrogens is 222 g/mol. The van der Waals surface area contributed by atoms with E-state index in [2.05, 4.69) is 25.6 Å². The fourth-order valence-electron chi connectivity index (χ4n) is 1.32. The van der Waals surface area contributed by atoms with Crippen LogP contribution in [-0.2, 0) is 6.54 Å². The maximum atomic E-state index is 5.81. The lowest BCUT2D eigenvalue weighted by Crippen LogP contribution is -2.13. The van der Waals surface area contributed by atoms with E-state index in [1.807, 2.05) is 0 Å². The Balaban J connectivity index is 1.95. The van der Waals surface area contributed by atoms with Gasteiger partial charge in [0.2, 0.25) is 5.88 Å². The van der Waals surface area contributed by atoms with E-state index in [1.54, 1.807) is 17.1 Å². The van der Waals surface area contributed by atoms with Crippen molar-refractivity contribution >= 4 is 11.5 Å². The number of hydrogen-bond acceptors (Lipinski definition) is 7. The molecule has 0 aliphatic heterocycles. The SMILES string of the molecule is COc1ncnc(NCCn2ccnn2)c1N. The molecule has 90 valence electrons. The summed E-state index contributed by atoms with van der Waals surface area (Å²) in [4.78, 5) is 7.92. The van der Waals surface area contributed by atoms with Crippen LogP contribution in [0.3, 0.4) is 0 Å². The smallest absolute Gasteiger partial charge is 0.242 e. The zero-order chi connectivity index (χ0) is 12.1. The first kappa shape index (κ1) is 11.1. The van der Waals surface area contributed by atoms with Gasteiger partial charge in [0, 0.05) is 12.7 Å². The summed E-state index contributed by atoms with van der Waals surface area (Å²) < 4.78 is 6.70. The molecule has 0 saturated heterocycles. The minimum Gasteiger partial charge on any atom is -0.479 e. The Labute approximate surface area is 97.8 Å². The minimum absolute atomic E-state index is 0.364. The summed E-state index contributed by atoms with van der Waals surface area (Å²) in [7, 11) is 1.51. The van der Waals surface area contributed by atoms with E-state index >= 15 is 0 Å². The molecule has 0 aliphatic carbocycles. The molecule has 0 fully saturated rings. The molecule has 0 unspecified atom stereocenters. The number of nitrogens with one attached hydrogen (secondary N) is 1. The number of anilines is 2. The molecule has 0 bridgehead atoms. The lowest BCUT2D eigenvalue weighted by atomic mass is 10.4. The first-order valence-corrected chi connectivity index (χ1v) is 5.03. The maximum absolute atomic E-state index is 5.81. The van der Waals surface area contributed by atoms with Gasteiger partial charge in [0.1, 0.15) is 12.0 Å². The minimum atomic E-state index is 0.364. The second-order valence-electron chi connectivity index (χ2n) is 3.24. The predicted octanol–water partition coefficient (Wildman–Crippen LogP) is -0.229. The van der Waals surface area contributed by atoms with Crippen LogP contribution < -0.4 is 15.8 Å². The third-order valence-electron chi connectivity index (χ3n) is 2.15. The van der Waals surface area contributed by atoms with Crippen molar-refractivity contribution in [2.45, 2.75) is 6.54 Å². The number of hydrogen-bond donors (Lipinski definition) is 2. The molecule has 0 aromatic carbocycles. The van der Waals surface area contributed by atoms with Crippen LogP contribution in [0.15, 0.2) is 18.7 Å². The molecule has 17 heavy (non-hydrogen) atoms. The van der Waals surface area contributed by atoms with Crippen LogP contribution in [0.5, 0.6) is 5.88 Å². The van der Waals surface area contributed by atoms with Gasteiger partial charge in [0.25, 0.3) is 0 Å². The molecule has 2 heterocycles. The summed E-state index contributed by atoms with van der Waals surface area (Å²) in [6, 6.07) is 0. The van der Waals surface area contributed by atoms with Crippen LogP contribution in [0, 0.1) is 0 Å². The van der Waals surface area contributed by atoms with Gasteiger partial charge in [-0.05, 0) is 0 Å². The van der Waals surface area contributed by atoms with Crippen molar-refractivity contribution in [1.29, 1.82) is 0 Å². The Morgan fingerprint density at radius 3 is 3.06 bits per heavy atom. The van der Waals surface area contributed by atoms with Gasteiger partial charge in [-0.1, -0.05) is 5.21 Å². The average Bonchev–Trinajstić information content (AvgIpc) is 2.84. The molecule has 0 aliphatic rings. The van der Waals surface area contributed by atoms with Gasteiger partial charge in [-0.3, -0.25) is 4.68 Å². The monoisotopic (exact) mass is 235 g/mol. The third kappa shape index (κ3) is 2.60. The van der Waals surface area contributed by atoms with Gasteiger partial charge in [-0.25, -0.2) is 4.98 Å². The lowest BCUT2D eigenvalue weighted by molar-refractivity contribution is 0.399. The number of rotatable bonds is 5. The molecule has 2 aromatic heterocycles. The molecule has 2 rings (SSSR count). The van der Waals surface area contributed by atoms with Crippen LogP contribution >= 0.6 is 0 Å². The van der Waals surface area contributed by atoms with E-state index in [1.165, 1.54) is 13.4 Å². The topological polar surface area (TPSA) is 104 Å². The van der Waals surface area contributed by atoms with Crippen LogP contribution in [-0.4, -0.2) is 38.6 Å². The molecule has 3 N–H and O–H groups in total. The summed E-state index contributed by atoms with van der Waals surface area (Å²) in [6.45, 7) is 1.31. The van der Waals surface area contributed by atoms with Crippen molar-refractivity contribution < 1.29 is 4.74 Å². The Morgan fingerprint density at radius 1 is 1.47 bits per heavy atom. The highest BCUT2D eigenvalue weighted by Crippen LogP contribution is 2.23. The maximum Gasteiger partial charge on any atom is 0.242 e. The van der Waals surface area contributed by atoms with Crippen LogP contribution in [0.25, 0.3) is 0 Å². The van der Waals surface area contributed by atoms with Gasteiger partial charge in [0.05, 0.1) is 19.9 Å². The molecule has 8 heteroatoms. The number of methoxy groups -OCH3 is 1. The van der Waals surface area contributed by atoms with E-state index < -0.39 is 0 Å². The number of nitrogens with two attached hydrogens (primary N) is 1. The Morgan fingerprint density at radius 2 is 2.35 bits per heavy atom. The van der Waals surface area contributed by atoms with E-state index in [9.17, 15) is 0 Å². The Kier molecular flexibility index (Phi) is 3.34. The van der Waals surface area contributed by atoms with Gasteiger partial charge in [0.15, 0.2) is 5.82 Å². The zero-order valence-corrected chi connectivity index (χ0v) is 9.37. The van der Waals surface area contributed by atoms with Crippen molar-refractivity contribution in [2.24, 2.45) is 0 Å². The standard InChI is InChI=1S/C9H13N7O/c1-17-9-7(10)8(12-6-13-9)11-2-4-16-5-3-14-15-16/h3,5-6H,2,4,10H2,1H3,(H,11,12,13).